The van der Waals surface area contributed by atoms with E-state index in [0.717, 1.165) is 5.56 Å². The molecule has 4 N–H and O–H groups in total. The summed E-state index contributed by atoms with van der Waals surface area (Å²) < 4.78 is 0. The number of rotatable bonds is 7. The molecule has 3 amide bonds. The molecule has 30 heavy (non-hydrogen) atoms. The summed E-state index contributed by atoms with van der Waals surface area (Å²) in [7, 11) is 0. The van der Waals surface area contributed by atoms with E-state index in [4.69, 9.17) is 23.8 Å². The first kappa shape index (κ1) is 23.1. The van der Waals surface area contributed by atoms with Crippen molar-refractivity contribution in [3.8, 4) is 0 Å². The Hall–Kier alpha value is -3.23. The van der Waals surface area contributed by atoms with E-state index < -0.39 is 11.8 Å². The SMILES string of the molecule is O=C(C=Cc1ccccc1Cl)NC(=S)NNC(=O)CCC(=O)NCc1ccccc1. The Morgan fingerprint density at radius 2 is 1.57 bits per heavy atom. The Bertz CT molecular complexity index is 935. The van der Waals surface area contributed by atoms with E-state index in [9.17, 15) is 14.4 Å². The van der Waals surface area contributed by atoms with E-state index in [1.165, 1.54) is 6.08 Å². The number of hydrogen-bond donors (Lipinski definition) is 4. The third-order valence-corrected chi connectivity index (χ3v) is 4.33. The van der Waals surface area contributed by atoms with Crippen molar-refractivity contribution < 1.29 is 14.4 Å². The van der Waals surface area contributed by atoms with Crippen molar-refractivity contribution in [3.63, 3.8) is 0 Å². The Morgan fingerprint density at radius 1 is 0.900 bits per heavy atom. The largest absolute Gasteiger partial charge is 0.352 e. The number of halogens is 1. The second kappa shape index (κ2) is 12.4. The molecule has 0 unspecified atom stereocenters. The van der Waals surface area contributed by atoms with Crippen LogP contribution in [0.25, 0.3) is 6.08 Å². The van der Waals surface area contributed by atoms with Crippen molar-refractivity contribution in [1.29, 1.82) is 0 Å². The van der Waals surface area contributed by atoms with Crippen molar-refractivity contribution in [2.75, 3.05) is 0 Å². The fourth-order valence-electron chi connectivity index (χ4n) is 2.26. The Labute approximate surface area is 184 Å². The Kier molecular flexibility index (Phi) is 9.50. The van der Waals surface area contributed by atoms with Crippen LogP contribution in [-0.4, -0.2) is 22.8 Å². The molecule has 0 aliphatic carbocycles. The number of amides is 3. The molecule has 9 heteroatoms. The first-order chi connectivity index (χ1) is 14.4. The second-order valence-corrected chi connectivity index (χ2v) is 6.92. The lowest BCUT2D eigenvalue weighted by molar-refractivity contribution is -0.126. The van der Waals surface area contributed by atoms with Crippen LogP contribution in [0.2, 0.25) is 5.02 Å². The summed E-state index contributed by atoms with van der Waals surface area (Å²) in [5.74, 6) is -1.16. The monoisotopic (exact) mass is 444 g/mol. The maximum atomic E-state index is 11.9. The summed E-state index contributed by atoms with van der Waals surface area (Å²) in [5.41, 5.74) is 6.40. The summed E-state index contributed by atoms with van der Waals surface area (Å²) in [6.07, 6.45) is 2.82. The average Bonchev–Trinajstić information content (AvgIpc) is 2.75. The molecule has 0 saturated heterocycles. The maximum absolute atomic E-state index is 11.9. The number of thiocarbonyl (C=S) groups is 1. The van der Waals surface area contributed by atoms with Crippen molar-refractivity contribution in [2.45, 2.75) is 19.4 Å². The number of hydrogen-bond acceptors (Lipinski definition) is 4. The normalized spacial score (nSPS) is 10.3. The molecule has 0 atom stereocenters. The molecule has 156 valence electrons. The van der Waals surface area contributed by atoms with Crippen LogP contribution in [0.1, 0.15) is 24.0 Å². The zero-order valence-electron chi connectivity index (χ0n) is 16.0. The van der Waals surface area contributed by atoms with Crippen LogP contribution in [0.3, 0.4) is 0 Å². The van der Waals surface area contributed by atoms with Crippen molar-refractivity contribution in [3.05, 3.63) is 76.8 Å². The highest BCUT2D eigenvalue weighted by Crippen LogP contribution is 2.15. The van der Waals surface area contributed by atoms with Gasteiger partial charge in [0, 0.05) is 30.5 Å². The summed E-state index contributed by atoms with van der Waals surface area (Å²) in [6, 6.07) is 16.5. The van der Waals surface area contributed by atoms with E-state index in [1.807, 2.05) is 30.3 Å². The highest BCUT2D eigenvalue weighted by molar-refractivity contribution is 7.80. The molecule has 7 nitrogen and oxygen atoms in total. The van der Waals surface area contributed by atoms with Gasteiger partial charge in [0.25, 0.3) is 0 Å². The number of nitrogens with one attached hydrogen (secondary N) is 4. The maximum Gasteiger partial charge on any atom is 0.250 e. The first-order valence-corrected chi connectivity index (χ1v) is 9.85. The lowest BCUT2D eigenvalue weighted by Crippen LogP contribution is -2.48. The third-order valence-electron chi connectivity index (χ3n) is 3.78. The molecule has 0 heterocycles. The summed E-state index contributed by atoms with van der Waals surface area (Å²) in [4.78, 5) is 35.5. The predicted octanol–water partition coefficient (Wildman–Crippen LogP) is 2.47. The first-order valence-electron chi connectivity index (χ1n) is 9.07. The zero-order chi connectivity index (χ0) is 21.8. The number of carbonyl (C=O) groups is 3. The fourth-order valence-corrected chi connectivity index (χ4v) is 2.61. The van der Waals surface area contributed by atoms with Gasteiger partial charge >= 0.3 is 0 Å². The highest BCUT2D eigenvalue weighted by atomic mass is 35.5. The highest BCUT2D eigenvalue weighted by Gasteiger charge is 2.08. The molecule has 0 aliphatic heterocycles. The van der Waals surface area contributed by atoms with Crippen LogP contribution in [0.5, 0.6) is 0 Å². The minimum Gasteiger partial charge on any atom is -0.352 e. The van der Waals surface area contributed by atoms with Crippen LogP contribution in [0.4, 0.5) is 0 Å². The summed E-state index contributed by atoms with van der Waals surface area (Å²) in [5, 5.41) is 5.56. The van der Waals surface area contributed by atoms with Gasteiger partial charge in [-0.15, -0.1) is 0 Å². The molecule has 2 aromatic rings. The smallest absolute Gasteiger partial charge is 0.250 e. The van der Waals surface area contributed by atoms with Crippen molar-refractivity contribution >= 4 is 52.7 Å². The molecule has 0 fully saturated rings. The van der Waals surface area contributed by atoms with Crippen molar-refractivity contribution in [2.24, 2.45) is 0 Å². The van der Waals surface area contributed by atoms with E-state index in [0.29, 0.717) is 17.1 Å². The van der Waals surface area contributed by atoms with Crippen molar-refractivity contribution in [1.82, 2.24) is 21.5 Å². The fraction of sp³-hybridized carbons (Fsp3) is 0.143. The van der Waals surface area contributed by atoms with Crippen LogP contribution >= 0.6 is 23.8 Å². The van der Waals surface area contributed by atoms with Gasteiger partial charge in [0.2, 0.25) is 17.7 Å². The minimum absolute atomic E-state index is 0.0278. The molecular weight excluding hydrogens is 424 g/mol. The molecule has 0 saturated carbocycles. The van der Waals surface area contributed by atoms with E-state index >= 15 is 0 Å². The molecule has 0 bridgehead atoms. The summed E-state index contributed by atoms with van der Waals surface area (Å²) >= 11 is 10.9. The van der Waals surface area contributed by atoms with Gasteiger partial charge in [-0.2, -0.15) is 0 Å². The molecule has 2 rings (SSSR count). The number of benzene rings is 2. The molecule has 2 aromatic carbocycles. The van der Waals surface area contributed by atoms with Crippen LogP contribution in [0, 0.1) is 0 Å². The van der Waals surface area contributed by atoms with Gasteiger partial charge in [0.15, 0.2) is 5.11 Å². The molecule has 0 aromatic heterocycles. The van der Waals surface area contributed by atoms with Gasteiger partial charge in [-0.05, 0) is 35.5 Å². The quantitative estimate of drug-likeness (QED) is 0.299. The van der Waals surface area contributed by atoms with Gasteiger partial charge in [-0.1, -0.05) is 60.1 Å². The average molecular weight is 445 g/mol. The van der Waals surface area contributed by atoms with E-state index in [1.54, 1.807) is 30.3 Å². The van der Waals surface area contributed by atoms with Crippen LogP contribution in [-0.2, 0) is 20.9 Å². The molecular formula is C21H21ClN4O3S. The Morgan fingerprint density at radius 3 is 2.30 bits per heavy atom. The second-order valence-electron chi connectivity index (χ2n) is 6.11. The molecule has 0 spiro atoms. The number of carbonyl (C=O) groups excluding carboxylic acids is 3. The lowest BCUT2D eigenvalue weighted by atomic mass is 10.2. The minimum atomic E-state index is -0.484. The van der Waals surface area contributed by atoms with E-state index in [-0.39, 0.29) is 23.9 Å². The zero-order valence-corrected chi connectivity index (χ0v) is 17.6. The molecule has 0 aliphatic rings. The van der Waals surface area contributed by atoms with Crippen LogP contribution in [0.15, 0.2) is 60.7 Å². The standard InChI is InChI=1S/C21H21ClN4O3S/c22-17-9-5-4-8-16(17)10-11-19(28)24-21(30)26-25-20(29)13-12-18(27)23-14-15-6-2-1-3-7-15/h1-11H,12-14H2,(H,23,27)(H,25,29)(H2,24,26,28,30). The van der Waals surface area contributed by atoms with Gasteiger partial charge < -0.3 is 5.32 Å². The third kappa shape index (κ3) is 8.85. The predicted molar refractivity (Wildman–Crippen MR) is 120 cm³/mol. The van der Waals surface area contributed by atoms with E-state index in [2.05, 4.69) is 21.5 Å². The van der Waals surface area contributed by atoms with Gasteiger partial charge in [-0.3, -0.25) is 30.6 Å². The van der Waals surface area contributed by atoms with Gasteiger partial charge in [0.1, 0.15) is 0 Å². The molecule has 0 radical (unpaired) electrons. The lowest BCUT2D eigenvalue weighted by Gasteiger charge is -2.10. The topological polar surface area (TPSA) is 99.3 Å². The Balaban J connectivity index is 1.62. The van der Waals surface area contributed by atoms with Gasteiger partial charge in [-0.25, -0.2) is 0 Å². The summed E-state index contributed by atoms with van der Waals surface area (Å²) in [6.45, 7) is 0.400. The van der Waals surface area contributed by atoms with Crippen LogP contribution < -0.4 is 21.5 Å². The number of hydrazine groups is 1. The van der Waals surface area contributed by atoms with Gasteiger partial charge in [0.05, 0.1) is 0 Å².